The zero-order valence-electron chi connectivity index (χ0n) is 7.55. The third-order valence-corrected chi connectivity index (χ3v) is 2.35. The Morgan fingerprint density at radius 2 is 2.08 bits per heavy atom. The third-order valence-electron chi connectivity index (χ3n) is 2.35. The molecule has 1 aliphatic rings. The lowest BCUT2D eigenvalue weighted by Crippen LogP contribution is -1.94. The molecule has 0 radical (unpaired) electrons. The summed E-state index contributed by atoms with van der Waals surface area (Å²) in [7, 11) is 0. The molecule has 13 heavy (non-hydrogen) atoms. The summed E-state index contributed by atoms with van der Waals surface area (Å²) >= 11 is 0. The van der Waals surface area contributed by atoms with Crippen LogP contribution >= 0.6 is 0 Å². The molecule has 1 heteroatoms. The van der Waals surface area contributed by atoms with Crippen LogP contribution in [0.1, 0.15) is 16.7 Å². The Kier molecular flexibility index (Phi) is 2.01. The standard InChI is InChI=1S/C12H11F/c1-9-7-8-12(13)11-6-4-2-3-5-10(9)11/h2-5,7-8H,6H2,1H3. The number of hydrogen-bond acceptors (Lipinski definition) is 0. The quantitative estimate of drug-likeness (QED) is 0.566. The van der Waals surface area contributed by atoms with E-state index in [9.17, 15) is 4.39 Å². The van der Waals surface area contributed by atoms with Gasteiger partial charge in [-0.1, -0.05) is 30.4 Å². The molecule has 0 unspecified atom stereocenters. The highest BCUT2D eigenvalue weighted by atomic mass is 19.1. The van der Waals surface area contributed by atoms with E-state index < -0.39 is 0 Å². The first-order valence-electron chi connectivity index (χ1n) is 4.40. The summed E-state index contributed by atoms with van der Waals surface area (Å²) in [6, 6.07) is 3.37. The smallest absolute Gasteiger partial charge is 0.127 e. The zero-order valence-corrected chi connectivity index (χ0v) is 7.55. The second-order valence-electron chi connectivity index (χ2n) is 3.25. The molecule has 0 N–H and O–H groups in total. The first kappa shape index (κ1) is 8.24. The van der Waals surface area contributed by atoms with E-state index in [4.69, 9.17) is 0 Å². The summed E-state index contributed by atoms with van der Waals surface area (Å²) in [6.45, 7) is 2.01. The van der Waals surface area contributed by atoms with Crippen molar-refractivity contribution in [3.8, 4) is 0 Å². The van der Waals surface area contributed by atoms with Crippen LogP contribution in [0.15, 0.2) is 30.4 Å². The van der Waals surface area contributed by atoms with Gasteiger partial charge in [-0.25, -0.2) is 4.39 Å². The molecule has 66 valence electrons. The second-order valence-corrected chi connectivity index (χ2v) is 3.25. The minimum atomic E-state index is -0.100. The highest BCUT2D eigenvalue weighted by molar-refractivity contribution is 5.61. The molecule has 0 aromatic heterocycles. The van der Waals surface area contributed by atoms with Crippen molar-refractivity contribution in [2.45, 2.75) is 13.3 Å². The van der Waals surface area contributed by atoms with Crippen molar-refractivity contribution in [3.05, 3.63) is 52.9 Å². The molecule has 0 nitrogen and oxygen atoms in total. The van der Waals surface area contributed by atoms with Gasteiger partial charge in [0.2, 0.25) is 0 Å². The molecule has 0 heterocycles. The maximum Gasteiger partial charge on any atom is 0.127 e. The van der Waals surface area contributed by atoms with Crippen molar-refractivity contribution in [1.82, 2.24) is 0 Å². The van der Waals surface area contributed by atoms with Crippen LogP contribution in [-0.2, 0) is 6.42 Å². The zero-order chi connectivity index (χ0) is 9.26. The van der Waals surface area contributed by atoms with Gasteiger partial charge in [-0.05, 0) is 36.1 Å². The molecule has 0 fully saturated rings. The normalized spacial score (nSPS) is 14.0. The molecule has 1 aromatic carbocycles. The molecule has 0 bridgehead atoms. The maximum absolute atomic E-state index is 13.4. The van der Waals surface area contributed by atoms with Crippen molar-refractivity contribution in [2.24, 2.45) is 0 Å². The summed E-state index contributed by atoms with van der Waals surface area (Å²) in [5.41, 5.74) is 2.98. The van der Waals surface area contributed by atoms with Crippen LogP contribution in [-0.4, -0.2) is 0 Å². The Morgan fingerprint density at radius 3 is 2.92 bits per heavy atom. The van der Waals surface area contributed by atoms with E-state index >= 15 is 0 Å². The maximum atomic E-state index is 13.4. The number of rotatable bonds is 0. The molecular weight excluding hydrogens is 163 g/mol. The van der Waals surface area contributed by atoms with Crippen LogP contribution in [0.4, 0.5) is 4.39 Å². The molecule has 1 aromatic rings. The second kappa shape index (κ2) is 3.17. The summed E-state index contributed by atoms with van der Waals surface area (Å²) in [5.74, 6) is -0.100. The topological polar surface area (TPSA) is 0 Å². The average Bonchev–Trinajstić information content (AvgIpc) is 2.37. The monoisotopic (exact) mass is 174 g/mol. The van der Waals surface area contributed by atoms with Gasteiger partial charge in [0.25, 0.3) is 0 Å². The van der Waals surface area contributed by atoms with Crippen molar-refractivity contribution in [3.63, 3.8) is 0 Å². The van der Waals surface area contributed by atoms with E-state index in [0.29, 0.717) is 6.42 Å². The van der Waals surface area contributed by atoms with E-state index in [1.165, 1.54) is 0 Å². The Hall–Kier alpha value is -1.37. The van der Waals surface area contributed by atoms with Gasteiger partial charge >= 0.3 is 0 Å². The predicted molar refractivity (Wildman–Crippen MR) is 53.0 cm³/mol. The highest BCUT2D eigenvalue weighted by Gasteiger charge is 2.08. The minimum Gasteiger partial charge on any atom is -0.207 e. The number of benzene rings is 1. The number of fused-ring (bicyclic) bond motifs is 1. The van der Waals surface area contributed by atoms with Crippen LogP contribution in [0.2, 0.25) is 0 Å². The van der Waals surface area contributed by atoms with E-state index in [1.807, 2.05) is 37.3 Å². The number of aryl methyl sites for hydroxylation is 1. The SMILES string of the molecule is Cc1ccc(F)c2c1C=CC=CC2. The number of halogens is 1. The lowest BCUT2D eigenvalue weighted by Gasteiger charge is -2.07. The Bertz CT molecular complexity index is 386. The fourth-order valence-corrected chi connectivity index (χ4v) is 1.61. The Balaban J connectivity index is 2.66. The lowest BCUT2D eigenvalue weighted by molar-refractivity contribution is 0.614. The minimum absolute atomic E-state index is 0.100. The molecule has 0 aliphatic heterocycles. The van der Waals surface area contributed by atoms with Crippen LogP contribution in [0.3, 0.4) is 0 Å². The number of hydrogen-bond donors (Lipinski definition) is 0. The van der Waals surface area contributed by atoms with Crippen molar-refractivity contribution in [2.75, 3.05) is 0 Å². The van der Waals surface area contributed by atoms with Gasteiger partial charge < -0.3 is 0 Å². The van der Waals surface area contributed by atoms with Crippen molar-refractivity contribution in [1.29, 1.82) is 0 Å². The first-order valence-corrected chi connectivity index (χ1v) is 4.40. The van der Waals surface area contributed by atoms with E-state index in [0.717, 1.165) is 16.7 Å². The first-order chi connectivity index (χ1) is 6.29. The molecule has 0 spiro atoms. The third kappa shape index (κ3) is 1.42. The van der Waals surface area contributed by atoms with Crippen LogP contribution in [0, 0.1) is 12.7 Å². The molecule has 2 rings (SSSR count). The molecular formula is C12H11F. The number of allylic oxidation sites excluding steroid dienone is 3. The van der Waals surface area contributed by atoms with Gasteiger partial charge in [-0.2, -0.15) is 0 Å². The molecule has 0 atom stereocenters. The largest absolute Gasteiger partial charge is 0.207 e. The Morgan fingerprint density at radius 1 is 1.23 bits per heavy atom. The summed E-state index contributed by atoms with van der Waals surface area (Å²) in [5, 5.41) is 0. The van der Waals surface area contributed by atoms with Crippen molar-refractivity contribution < 1.29 is 4.39 Å². The van der Waals surface area contributed by atoms with Crippen molar-refractivity contribution >= 4 is 6.08 Å². The van der Waals surface area contributed by atoms with E-state index in [2.05, 4.69) is 0 Å². The molecule has 1 aliphatic carbocycles. The van der Waals surface area contributed by atoms with Crippen LogP contribution < -0.4 is 0 Å². The van der Waals surface area contributed by atoms with Gasteiger partial charge in [0, 0.05) is 0 Å². The average molecular weight is 174 g/mol. The van der Waals surface area contributed by atoms with Gasteiger partial charge in [0.15, 0.2) is 0 Å². The summed E-state index contributed by atoms with van der Waals surface area (Å²) in [4.78, 5) is 0. The summed E-state index contributed by atoms with van der Waals surface area (Å²) in [6.07, 6.45) is 8.55. The predicted octanol–water partition coefficient (Wildman–Crippen LogP) is 3.26. The van der Waals surface area contributed by atoms with Gasteiger partial charge in [0.1, 0.15) is 5.82 Å². The fourth-order valence-electron chi connectivity index (χ4n) is 1.61. The van der Waals surface area contributed by atoms with Gasteiger partial charge in [0.05, 0.1) is 0 Å². The Labute approximate surface area is 77.4 Å². The van der Waals surface area contributed by atoms with Gasteiger partial charge in [-0.3, -0.25) is 0 Å². The van der Waals surface area contributed by atoms with E-state index in [-0.39, 0.29) is 5.82 Å². The fraction of sp³-hybridized carbons (Fsp3) is 0.167. The lowest BCUT2D eigenvalue weighted by atomic mass is 10.00. The van der Waals surface area contributed by atoms with Gasteiger partial charge in [-0.15, -0.1) is 0 Å². The van der Waals surface area contributed by atoms with E-state index in [1.54, 1.807) is 6.07 Å². The molecule has 0 saturated carbocycles. The summed E-state index contributed by atoms with van der Waals surface area (Å²) < 4.78 is 13.4. The highest BCUT2D eigenvalue weighted by Crippen LogP contribution is 2.22. The van der Waals surface area contributed by atoms with Crippen LogP contribution in [0.25, 0.3) is 6.08 Å². The van der Waals surface area contributed by atoms with Crippen LogP contribution in [0.5, 0.6) is 0 Å². The molecule has 0 saturated heterocycles. The molecule has 0 amide bonds.